The molecule has 0 fully saturated rings. The third kappa shape index (κ3) is 11.0. The normalized spacial score (nSPS) is 13.3. The highest BCUT2D eigenvalue weighted by Crippen LogP contribution is 2.51. The van der Waals surface area contributed by atoms with E-state index in [9.17, 15) is 9.59 Å². The summed E-state index contributed by atoms with van der Waals surface area (Å²) in [6.07, 6.45) is -5.93. The number of imide groups is 1. The van der Waals surface area contributed by atoms with Gasteiger partial charge in [0.15, 0.2) is 17.4 Å². The zero-order valence-corrected chi connectivity index (χ0v) is 41.5. The van der Waals surface area contributed by atoms with Crippen molar-refractivity contribution in [2.24, 2.45) is 0 Å². The molecule has 0 unspecified atom stereocenters. The number of amides is 2. The summed E-state index contributed by atoms with van der Waals surface area (Å²) in [5, 5.41) is 7.01. The Morgan fingerprint density at radius 1 is 0.843 bits per heavy atom. The molecule has 3 aromatic heterocycles. The zero-order valence-electron chi connectivity index (χ0n) is 40.0. The van der Waals surface area contributed by atoms with Crippen molar-refractivity contribution in [2.75, 3.05) is 42.1 Å². The van der Waals surface area contributed by atoms with E-state index in [-0.39, 0.29) is 66.0 Å². The van der Waals surface area contributed by atoms with Gasteiger partial charge in [-0.3, -0.25) is 0 Å². The lowest BCUT2D eigenvalue weighted by Gasteiger charge is -2.33. The van der Waals surface area contributed by atoms with Crippen LogP contribution >= 0.6 is 23.2 Å². The molecule has 1 atom stereocenters. The van der Waals surface area contributed by atoms with Crippen LogP contribution in [0.2, 0.25) is 10.3 Å². The number of halogens is 6. The Balaban J connectivity index is 1.40. The third-order valence-electron chi connectivity index (χ3n) is 10.9. The zero-order chi connectivity index (χ0) is 51.0. The summed E-state index contributed by atoms with van der Waals surface area (Å²) in [5.41, 5.74) is -3.90. The van der Waals surface area contributed by atoms with Crippen molar-refractivity contribution < 1.29 is 50.8 Å². The number of pyridine rings is 1. The van der Waals surface area contributed by atoms with E-state index >= 15 is 17.6 Å². The topological polar surface area (TPSA) is 154 Å². The molecule has 3 aromatic carbocycles. The highest BCUT2D eigenvalue weighted by Gasteiger charge is 2.42. The van der Waals surface area contributed by atoms with E-state index < -0.39 is 74.1 Å². The van der Waals surface area contributed by atoms with Gasteiger partial charge in [-0.25, -0.2) is 23.9 Å². The van der Waals surface area contributed by atoms with Crippen molar-refractivity contribution in [2.45, 2.75) is 91.9 Å². The number of nitrogens with zero attached hydrogens (tertiary/aromatic N) is 8. The summed E-state index contributed by atoms with van der Waals surface area (Å²) in [6.45, 7) is 12.8. The van der Waals surface area contributed by atoms with Gasteiger partial charge in [-0.1, -0.05) is 35.9 Å². The summed E-state index contributed by atoms with van der Waals surface area (Å²) >= 11 is 13.7. The average molecular weight is 1010 g/mol. The van der Waals surface area contributed by atoms with Crippen molar-refractivity contribution in [1.29, 1.82) is 0 Å². The molecule has 15 nitrogen and oxygen atoms in total. The number of carbonyl (C=O) groups is 2. The lowest BCUT2D eigenvalue weighted by molar-refractivity contribution is -0.137. The lowest BCUT2D eigenvalue weighted by Crippen LogP contribution is -2.45. The number of aromatic nitrogens is 5. The molecule has 0 radical (unpaired) electrons. The van der Waals surface area contributed by atoms with Crippen LogP contribution in [0.25, 0.3) is 22.2 Å². The van der Waals surface area contributed by atoms with Crippen LogP contribution in [0.5, 0.6) is 17.2 Å². The van der Waals surface area contributed by atoms with Gasteiger partial charge in [-0.2, -0.15) is 28.2 Å². The Morgan fingerprint density at radius 2 is 1.40 bits per heavy atom. The van der Waals surface area contributed by atoms with Crippen LogP contribution in [0.4, 0.5) is 44.6 Å². The largest absolute Gasteiger partial charge is 0.497 e. The number of hydrogen-bond donors (Lipinski definition) is 0. The molecule has 0 N–H and O–H groups in total. The third-order valence-corrected chi connectivity index (χ3v) is 11.4. The Labute approximate surface area is 411 Å². The van der Waals surface area contributed by atoms with Gasteiger partial charge in [0, 0.05) is 18.7 Å². The summed E-state index contributed by atoms with van der Waals surface area (Å²) in [6, 6.07) is 16.2. The van der Waals surface area contributed by atoms with Gasteiger partial charge in [-0.15, -0.1) is 5.10 Å². The number of benzene rings is 3. The SMILES string of the molecule is COc1ccc(CN(Cc2ccc(OC)cc2)c2cc(C)c(C(F)(F)F)c(-c3c(Cl)c4c5c(nc(Cl)nc5c3F)N([C@H](C)c3ccnnc3N(C(=O)OC(C)(C)C)C(=O)OC(C)(C)C)CCO4)n2)cc1. The van der Waals surface area contributed by atoms with Crippen LogP contribution in [0, 0.1) is 12.7 Å². The van der Waals surface area contributed by atoms with E-state index in [0.717, 1.165) is 11.1 Å². The van der Waals surface area contributed by atoms with Crippen molar-refractivity contribution in [1.82, 2.24) is 25.1 Å². The molecule has 0 aliphatic carbocycles. The second kappa shape index (κ2) is 19.9. The van der Waals surface area contributed by atoms with Crippen molar-refractivity contribution in [3.05, 3.63) is 111 Å². The maximum absolute atomic E-state index is 17.7. The molecule has 70 heavy (non-hydrogen) atoms. The number of alkyl halides is 3. The van der Waals surface area contributed by atoms with E-state index in [1.807, 2.05) is 24.3 Å². The first-order valence-electron chi connectivity index (χ1n) is 21.8. The molecule has 0 saturated carbocycles. The van der Waals surface area contributed by atoms with Crippen LogP contribution in [-0.4, -0.2) is 75.9 Å². The number of ether oxygens (including phenoxy) is 5. The molecular weight excluding hydrogens is 959 g/mol. The van der Waals surface area contributed by atoms with E-state index in [0.29, 0.717) is 16.4 Å². The molecule has 1 aliphatic heterocycles. The monoisotopic (exact) mass is 1010 g/mol. The van der Waals surface area contributed by atoms with Crippen molar-refractivity contribution >= 4 is 63.7 Å². The molecule has 21 heteroatoms. The first-order valence-corrected chi connectivity index (χ1v) is 22.6. The predicted molar refractivity (Wildman–Crippen MR) is 257 cm³/mol. The fraction of sp³-hybridized carbons (Fsp3) is 0.367. The summed E-state index contributed by atoms with van der Waals surface area (Å²) < 4.78 is 92.0. The maximum atomic E-state index is 17.7. The van der Waals surface area contributed by atoms with Crippen LogP contribution in [0.15, 0.2) is 66.9 Å². The second-order valence-electron chi connectivity index (χ2n) is 18.3. The number of anilines is 3. The van der Waals surface area contributed by atoms with Gasteiger partial charge in [-0.05, 0) is 120 Å². The van der Waals surface area contributed by atoms with E-state index in [1.165, 1.54) is 39.5 Å². The minimum absolute atomic E-state index is 0.0292. The van der Waals surface area contributed by atoms with Gasteiger partial charge in [0.1, 0.15) is 46.5 Å². The van der Waals surface area contributed by atoms with Gasteiger partial charge < -0.3 is 33.5 Å². The molecule has 1 aliphatic rings. The summed E-state index contributed by atoms with van der Waals surface area (Å²) in [7, 11) is 3.07. The van der Waals surface area contributed by atoms with Gasteiger partial charge in [0.2, 0.25) is 5.28 Å². The fourth-order valence-electron chi connectivity index (χ4n) is 7.85. The van der Waals surface area contributed by atoms with Gasteiger partial charge >= 0.3 is 18.4 Å². The smallest absolute Gasteiger partial charge is 0.425 e. The molecule has 0 saturated heterocycles. The maximum Gasteiger partial charge on any atom is 0.425 e. The van der Waals surface area contributed by atoms with Crippen LogP contribution in [-0.2, 0) is 28.7 Å². The van der Waals surface area contributed by atoms with E-state index in [1.54, 1.807) is 82.5 Å². The molecule has 0 bridgehead atoms. The first-order chi connectivity index (χ1) is 32.9. The van der Waals surface area contributed by atoms with Crippen LogP contribution < -0.4 is 28.9 Å². The van der Waals surface area contributed by atoms with E-state index in [2.05, 4.69) is 25.1 Å². The number of methoxy groups -OCH3 is 2. The molecule has 2 amide bonds. The number of rotatable bonds is 11. The second-order valence-corrected chi connectivity index (χ2v) is 19.0. The predicted octanol–water partition coefficient (Wildman–Crippen LogP) is 12.1. The average Bonchev–Trinajstić information content (AvgIpc) is 3.47. The minimum atomic E-state index is -5.05. The Bertz CT molecular complexity index is 2860. The van der Waals surface area contributed by atoms with Crippen LogP contribution in [0.1, 0.15) is 82.3 Å². The lowest BCUT2D eigenvalue weighted by atomic mass is 9.98. The van der Waals surface area contributed by atoms with Gasteiger partial charge in [0.25, 0.3) is 0 Å². The first kappa shape index (κ1) is 51.1. The Hall–Kier alpha value is -6.73. The van der Waals surface area contributed by atoms with Crippen molar-refractivity contribution in [3.8, 4) is 28.5 Å². The molecule has 370 valence electrons. The Kier molecular flexibility index (Phi) is 14.6. The molecular formula is C49H50Cl2F4N8O7. The van der Waals surface area contributed by atoms with Crippen LogP contribution in [0.3, 0.4) is 0 Å². The summed E-state index contributed by atoms with van der Waals surface area (Å²) in [5.74, 6) is -0.536. The van der Waals surface area contributed by atoms with E-state index in [4.69, 9.17) is 46.9 Å². The van der Waals surface area contributed by atoms with Gasteiger partial charge in [0.05, 0.1) is 60.2 Å². The Morgan fingerprint density at radius 3 is 1.91 bits per heavy atom. The van der Waals surface area contributed by atoms with Crippen molar-refractivity contribution in [3.63, 3.8) is 0 Å². The number of aryl methyl sites for hydroxylation is 1. The number of hydrogen-bond acceptors (Lipinski definition) is 14. The highest BCUT2D eigenvalue weighted by molar-refractivity contribution is 6.37. The summed E-state index contributed by atoms with van der Waals surface area (Å²) in [4.78, 5) is 44.8. The molecule has 6 aromatic rings. The molecule has 0 spiro atoms. The minimum Gasteiger partial charge on any atom is -0.497 e. The fourth-order valence-corrected chi connectivity index (χ4v) is 8.34. The standard InChI is InChI=1S/C49H50Cl2F4N8O7/c1-26-23-33(61(24-28-11-15-30(66-9)16-12-28)25-29-13-17-31(67-10)18-14-29)57-39(36(26)49(53,54)55)34-37(50)41-35-40(38(34)52)58-44(51)59-43(35)62(21-22-68-41)27(2)32-19-20-56-60-42(32)63(45(64)69-47(3,4)5)46(65)70-48(6,7)8/h11-20,23,27H,21-22,24-25H2,1-10H3/t27-/m1/s1. The molecule has 7 rings (SSSR count). The molecule has 4 heterocycles. The quantitative estimate of drug-likeness (QED) is 0.0893. The number of carbonyl (C=O) groups excluding carboxylic acids is 2. The highest BCUT2D eigenvalue weighted by atomic mass is 35.5.